The molecule has 4 saturated carbocycles. The summed E-state index contributed by atoms with van der Waals surface area (Å²) in [5.41, 5.74) is 2.33. The van der Waals surface area contributed by atoms with E-state index in [0.29, 0.717) is 0 Å². The quantitative estimate of drug-likeness (QED) is 0.406. The average molecular weight is 304 g/mol. The van der Waals surface area contributed by atoms with E-state index in [9.17, 15) is 0 Å². The van der Waals surface area contributed by atoms with Crippen LogP contribution in [0, 0.1) is 30.1 Å². The van der Waals surface area contributed by atoms with Gasteiger partial charge in [-0.25, -0.2) is 0 Å². The molecule has 0 N–H and O–H groups in total. The van der Waals surface area contributed by atoms with E-state index in [1.54, 1.807) is 38.5 Å². The van der Waals surface area contributed by atoms with Crippen molar-refractivity contribution in [3.63, 3.8) is 0 Å². The normalized spacial score (nSPS) is 46.8. The Kier molecular flexibility index (Phi) is 3.92. The molecule has 0 aromatic heterocycles. The van der Waals surface area contributed by atoms with Gasteiger partial charge < -0.3 is 0 Å². The summed E-state index contributed by atoms with van der Waals surface area (Å²) in [6, 6.07) is 0. The molecule has 0 bridgehead atoms. The molecule has 0 amide bonds. The Morgan fingerprint density at radius 2 is 1.43 bits per heavy atom. The van der Waals surface area contributed by atoms with Crippen LogP contribution >= 0.6 is 0 Å². The minimum absolute atomic E-state index is 1.03. The third-order valence-corrected chi connectivity index (χ3v) is 13.5. The van der Waals surface area contributed by atoms with E-state index in [4.69, 9.17) is 0 Å². The first-order valence-corrected chi connectivity index (χ1v) is 13.2. The molecule has 21 heavy (non-hydrogen) atoms. The lowest BCUT2D eigenvalue weighted by Gasteiger charge is -2.43. The highest BCUT2D eigenvalue weighted by Crippen LogP contribution is 2.61. The highest BCUT2D eigenvalue weighted by molar-refractivity contribution is 6.80. The minimum atomic E-state index is -1.08. The van der Waals surface area contributed by atoms with Gasteiger partial charge in [-0.15, -0.1) is 0 Å². The van der Waals surface area contributed by atoms with Crippen molar-refractivity contribution in [3.8, 4) is 0 Å². The molecule has 0 saturated heterocycles. The van der Waals surface area contributed by atoms with Gasteiger partial charge in [-0.1, -0.05) is 58.0 Å². The molecule has 4 fully saturated rings. The zero-order valence-corrected chi connectivity index (χ0v) is 15.3. The van der Waals surface area contributed by atoms with Gasteiger partial charge in [0.05, 0.1) is 20.9 Å². The molecular weight excluding hydrogens is 268 g/mol. The molecular formula is C20H35Si+. The predicted octanol–water partition coefficient (Wildman–Crippen LogP) is 6.45. The van der Waals surface area contributed by atoms with Gasteiger partial charge in [-0.05, 0) is 36.6 Å². The van der Waals surface area contributed by atoms with E-state index in [-0.39, 0.29) is 0 Å². The molecule has 0 aromatic rings. The van der Waals surface area contributed by atoms with Crippen LogP contribution in [-0.4, -0.2) is 8.07 Å². The molecule has 0 nitrogen and oxygen atoms in total. The largest absolute Gasteiger partial charge is 0.101 e. The Hall–Kier alpha value is 0.0869. The summed E-state index contributed by atoms with van der Waals surface area (Å²) in [5.74, 6) is 4.44. The molecule has 4 aliphatic carbocycles. The number of rotatable bonds is 2. The van der Waals surface area contributed by atoms with Crippen LogP contribution in [0.4, 0.5) is 0 Å². The highest BCUT2D eigenvalue weighted by atomic mass is 28.3. The zero-order chi connectivity index (χ0) is 14.4. The average Bonchev–Trinajstić information content (AvgIpc) is 3.12. The van der Waals surface area contributed by atoms with Crippen LogP contribution in [0.15, 0.2) is 0 Å². The van der Waals surface area contributed by atoms with Crippen molar-refractivity contribution in [2.45, 2.75) is 94.8 Å². The van der Waals surface area contributed by atoms with Crippen LogP contribution in [0.2, 0.25) is 24.2 Å². The first kappa shape index (κ1) is 14.7. The van der Waals surface area contributed by atoms with Crippen molar-refractivity contribution < 1.29 is 0 Å². The maximum absolute atomic E-state index is 2.81. The fraction of sp³-hybridized carbons (Fsp3) is 0.950. The van der Waals surface area contributed by atoms with Gasteiger partial charge in [0.25, 0.3) is 0 Å². The molecule has 0 aliphatic heterocycles. The Labute approximate surface area is 133 Å². The minimum Gasteiger partial charge on any atom is -0.0688 e. The van der Waals surface area contributed by atoms with Gasteiger partial charge in [-0.3, -0.25) is 0 Å². The van der Waals surface area contributed by atoms with Crippen molar-refractivity contribution in [2.75, 3.05) is 0 Å². The second kappa shape index (κ2) is 5.62. The highest BCUT2D eigenvalue weighted by Gasteiger charge is 2.56. The van der Waals surface area contributed by atoms with Crippen LogP contribution < -0.4 is 0 Å². The summed E-state index contributed by atoms with van der Waals surface area (Å²) in [7, 11) is -1.08. The number of hydrogen-bond acceptors (Lipinski definition) is 0. The van der Waals surface area contributed by atoms with Gasteiger partial charge >= 0.3 is 0 Å². The Bertz CT molecular complexity index is 340. The summed E-state index contributed by atoms with van der Waals surface area (Å²) >= 11 is 0. The van der Waals surface area contributed by atoms with Crippen LogP contribution in [-0.2, 0) is 0 Å². The molecule has 0 radical (unpaired) electrons. The predicted molar refractivity (Wildman–Crippen MR) is 94.0 cm³/mol. The lowest BCUT2D eigenvalue weighted by molar-refractivity contribution is 0.268. The monoisotopic (exact) mass is 303 g/mol. The summed E-state index contributed by atoms with van der Waals surface area (Å²) < 4.78 is 0. The smallest absolute Gasteiger partial charge is 0.0688 e. The first-order valence-electron chi connectivity index (χ1n) is 10.0. The van der Waals surface area contributed by atoms with E-state index in [1.165, 1.54) is 37.6 Å². The van der Waals surface area contributed by atoms with Gasteiger partial charge in [0.2, 0.25) is 0 Å². The van der Waals surface area contributed by atoms with Crippen molar-refractivity contribution >= 4 is 8.07 Å². The molecule has 118 valence electrons. The SMILES string of the molecule is C[Si](C)(C1C[CH+]C2CCCCC21)C1CCC2CCCCC21. The van der Waals surface area contributed by atoms with Gasteiger partial charge in [0.1, 0.15) is 5.92 Å². The lowest BCUT2D eigenvalue weighted by atomic mass is 9.81. The molecule has 6 unspecified atom stereocenters. The van der Waals surface area contributed by atoms with Crippen molar-refractivity contribution in [1.29, 1.82) is 0 Å². The number of fused-ring (bicyclic) bond motifs is 2. The standard InChI is InChI=1S/C20H35Si/c1-21(2,19-13-11-15-7-3-5-9-17(15)19)20-14-12-16-8-4-6-10-18(16)20/h11,15-20H,3-10,12-14H2,1-2H3/q+1. The van der Waals surface area contributed by atoms with Gasteiger partial charge in [0, 0.05) is 11.5 Å². The topological polar surface area (TPSA) is 0 Å². The third-order valence-electron chi connectivity index (χ3n) is 8.33. The first-order chi connectivity index (χ1) is 10.2. The van der Waals surface area contributed by atoms with Crippen LogP contribution in [0.5, 0.6) is 0 Å². The zero-order valence-electron chi connectivity index (χ0n) is 14.3. The molecule has 0 aromatic carbocycles. The summed E-state index contributed by atoms with van der Waals surface area (Å²) in [4.78, 5) is 0. The van der Waals surface area contributed by atoms with Crippen LogP contribution in [0.25, 0.3) is 0 Å². The van der Waals surface area contributed by atoms with Gasteiger partial charge in [0.15, 0.2) is 0 Å². The molecule has 1 heteroatoms. The maximum atomic E-state index is 2.81. The molecule has 0 heterocycles. The van der Waals surface area contributed by atoms with Crippen LogP contribution in [0.3, 0.4) is 0 Å². The summed E-state index contributed by atoms with van der Waals surface area (Å²) in [6.45, 7) is 5.62. The Morgan fingerprint density at radius 1 is 0.714 bits per heavy atom. The maximum Gasteiger partial charge on any atom is 0.101 e. The Morgan fingerprint density at radius 3 is 2.29 bits per heavy atom. The van der Waals surface area contributed by atoms with E-state index in [2.05, 4.69) is 19.5 Å². The number of hydrogen-bond donors (Lipinski definition) is 0. The second-order valence-corrected chi connectivity index (χ2v) is 14.5. The summed E-state index contributed by atoms with van der Waals surface area (Å²) in [6.07, 6.45) is 19.9. The van der Waals surface area contributed by atoms with E-state index in [1.807, 2.05) is 0 Å². The fourth-order valence-electron chi connectivity index (χ4n) is 7.26. The van der Waals surface area contributed by atoms with Crippen LogP contribution in [0.1, 0.15) is 70.6 Å². The van der Waals surface area contributed by atoms with Gasteiger partial charge in [-0.2, -0.15) is 0 Å². The third kappa shape index (κ3) is 2.42. The van der Waals surface area contributed by atoms with Crippen molar-refractivity contribution in [2.24, 2.45) is 23.7 Å². The van der Waals surface area contributed by atoms with Crippen molar-refractivity contribution in [3.05, 3.63) is 6.42 Å². The second-order valence-electron chi connectivity index (χ2n) is 9.40. The molecule has 4 rings (SSSR count). The summed E-state index contributed by atoms with van der Waals surface area (Å²) in [5, 5.41) is 0. The molecule has 0 spiro atoms. The fourth-order valence-corrected chi connectivity index (χ4v) is 12.5. The Balaban J connectivity index is 1.52. The van der Waals surface area contributed by atoms with E-state index < -0.39 is 8.07 Å². The lowest BCUT2D eigenvalue weighted by Crippen LogP contribution is -2.43. The molecule has 4 aliphatic rings. The van der Waals surface area contributed by atoms with Crippen molar-refractivity contribution in [1.82, 2.24) is 0 Å². The van der Waals surface area contributed by atoms with E-state index in [0.717, 1.165) is 29.2 Å². The molecule has 6 atom stereocenters. The van der Waals surface area contributed by atoms with E-state index >= 15 is 0 Å².